The van der Waals surface area contributed by atoms with Crippen LogP contribution in [0.2, 0.25) is 5.02 Å². The van der Waals surface area contributed by atoms with Crippen LogP contribution >= 0.6 is 11.6 Å². The minimum absolute atomic E-state index is 0.157. The number of nitrogens with one attached hydrogen (secondary N) is 1. The monoisotopic (exact) mass is 394 g/mol. The molecule has 0 spiro atoms. The molecule has 2 aromatic carbocycles. The predicted molar refractivity (Wildman–Crippen MR) is 106 cm³/mol. The molecular formula is C19H23ClN2O3S. The van der Waals surface area contributed by atoms with Crippen LogP contribution in [0.25, 0.3) is 0 Å². The Balaban J connectivity index is 2.29. The maximum absolute atomic E-state index is 12.7. The van der Waals surface area contributed by atoms with Crippen LogP contribution < -0.4 is 9.62 Å². The molecule has 2 aromatic rings. The number of benzene rings is 2. The summed E-state index contributed by atoms with van der Waals surface area (Å²) in [5, 5.41) is 3.24. The summed E-state index contributed by atoms with van der Waals surface area (Å²) in [7, 11) is -2.00. The number of sulfonamides is 1. The Morgan fingerprint density at radius 1 is 1.19 bits per heavy atom. The summed E-state index contributed by atoms with van der Waals surface area (Å²) in [5.41, 5.74) is 2.78. The second kappa shape index (κ2) is 8.10. The fourth-order valence-electron chi connectivity index (χ4n) is 2.53. The molecule has 1 N–H and O–H groups in total. The number of aryl methyl sites for hydroxylation is 1. The number of anilines is 1. The predicted octanol–water partition coefficient (Wildman–Crippen LogP) is 3.93. The van der Waals surface area contributed by atoms with Crippen LogP contribution in [-0.4, -0.2) is 27.6 Å². The fourth-order valence-corrected chi connectivity index (χ4v) is 3.23. The van der Waals surface area contributed by atoms with Gasteiger partial charge in [0.2, 0.25) is 10.0 Å². The van der Waals surface area contributed by atoms with E-state index in [2.05, 4.69) is 5.32 Å². The Morgan fingerprint density at radius 2 is 1.81 bits per heavy atom. The molecule has 0 fully saturated rings. The standard InChI is InChI=1S/C19H23ClN2O3S/c1-5-18(14-8-6-13(2)7-9-14)21-19(23)16-12-15(10-11-17(16)20)22(3)26(4,24)25/h6-12,18H,5H2,1-4H3,(H,21,23)/t18-/m1/s1. The molecule has 0 saturated carbocycles. The van der Waals surface area contributed by atoms with Gasteiger partial charge in [0.25, 0.3) is 5.91 Å². The number of hydrogen-bond donors (Lipinski definition) is 1. The van der Waals surface area contributed by atoms with Gasteiger partial charge >= 0.3 is 0 Å². The van der Waals surface area contributed by atoms with Crippen LogP contribution in [0.1, 0.15) is 40.9 Å². The SMILES string of the molecule is CC[C@@H](NC(=O)c1cc(N(C)S(C)(=O)=O)ccc1Cl)c1ccc(C)cc1. The molecule has 0 aliphatic heterocycles. The van der Waals surface area contributed by atoms with E-state index in [1.807, 2.05) is 38.1 Å². The topological polar surface area (TPSA) is 66.5 Å². The first-order valence-electron chi connectivity index (χ1n) is 8.24. The van der Waals surface area contributed by atoms with Crippen molar-refractivity contribution in [3.63, 3.8) is 0 Å². The molecule has 0 unspecified atom stereocenters. The first kappa shape index (κ1) is 20.3. The van der Waals surface area contributed by atoms with Crippen LogP contribution in [0.3, 0.4) is 0 Å². The third-order valence-corrected chi connectivity index (χ3v) is 5.78. The van der Waals surface area contributed by atoms with E-state index in [0.717, 1.165) is 28.1 Å². The van der Waals surface area contributed by atoms with Gasteiger partial charge in [-0.2, -0.15) is 0 Å². The van der Waals surface area contributed by atoms with Gasteiger partial charge < -0.3 is 5.32 Å². The van der Waals surface area contributed by atoms with E-state index in [1.165, 1.54) is 19.2 Å². The van der Waals surface area contributed by atoms with Crippen molar-refractivity contribution in [3.8, 4) is 0 Å². The molecule has 1 atom stereocenters. The third-order valence-electron chi connectivity index (χ3n) is 4.25. The van der Waals surface area contributed by atoms with E-state index in [1.54, 1.807) is 6.07 Å². The van der Waals surface area contributed by atoms with E-state index >= 15 is 0 Å². The third kappa shape index (κ3) is 4.77. The lowest BCUT2D eigenvalue weighted by Gasteiger charge is -2.20. The molecule has 0 saturated heterocycles. The molecule has 0 aliphatic rings. The van der Waals surface area contributed by atoms with Crippen molar-refractivity contribution in [1.82, 2.24) is 5.32 Å². The maximum atomic E-state index is 12.7. The highest BCUT2D eigenvalue weighted by molar-refractivity contribution is 7.92. The van der Waals surface area contributed by atoms with Gasteiger partial charge in [0.05, 0.1) is 28.6 Å². The zero-order valence-corrected chi connectivity index (χ0v) is 16.9. The lowest BCUT2D eigenvalue weighted by atomic mass is 10.0. The van der Waals surface area contributed by atoms with E-state index in [9.17, 15) is 13.2 Å². The second-order valence-corrected chi connectivity index (χ2v) is 8.66. The van der Waals surface area contributed by atoms with Gasteiger partial charge in [0.1, 0.15) is 0 Å². The number of carbonyl (C=O) groups excluding carboxylic acids is 1. The molecule has 140 valence electrons. The van der Waals surface area contributed by atoms with Crippen LogP contribution in [0, 0.1) is 6.92 Å². The minimum Gasteiger partial charge on any atom is -0.345 e. The number of carbonyl (C=O) groups is 1. The molecule has 1 amide bonds. The maximum Gasteiger partial charge on any atom is 0.253 e. The van der Waals surface area contributed by atoms with Crippen LogP contribution in [0.4, 0.5) is 5.69 Å². The highest BCUT2D eigenvalue weighted by atomic mass is 35.5. The number of amides is 1. The number of halogens is 1. The molecule has 7 heteroatoms. The quantitative estimate of drug-likeness (QED) is 0.807. The molecule has 0 radical (unpaired) electrons. The Labute approximate surface area is 160 Å². The van der Waals surface area contributed by atoms with Gasteiger partial charge in [-0.3, -0.25) is 9.10 Å². The van der Waals surface area contributed by atoms with Gasteiger partial charge in [-0.25, -0.2) is 8.42 Å². The summed E-state index contributed by atoms with van der Waals surface area (Å²) in [5.74, 6) is -0.342. The zero-order chi connectivity index (χ0) is 19.5. The first-order chi connectivity index (χ1) is 12.1. The smallest absolute Gasteiger partial charge is 0.253 e. The average Bonchev–Trinajstić information content (AvgIpc) is 2.59. The Morgan fingerprint density at radius 3 is 2.35 bits per heavy atom. The summed E-state index contributed by atoms with van der Waals surface area (Å²) in [4.78, 5) is 12.7. The molecule has 5 nitrogen and oxygen atoms in total. The minimum atomic E-state index is -3.43. The van der Waals surface area contributed by atoms with E-state index in [0.29, 0.717) is 5.69 Å². The van der Waals surface area contributed by atoms with Crippen LogP contribution in [0.15, 0.2) is 42.5 Å². The fraction of sp³-hybridized carbons (Fsp3) is 0.316. The lowest BCUT2D eigenvalue weighted by Crippen LogP contribution is -2.29. The van der Waals surface area contributed by atoms with Crippen molar-refractivity contribution in [1.29, 1.82) is 0 Å². The summed E-state index contributed by atoms with van der Waals surface area (Å²) in [6.07, 6.45) is 1.82. The van der Waals surface area contributed by atoms with Crippen molar-refractivity contribution in [2.24, 2.45) is 0 Å². The molecule has 0 heterocycles. The molecule has 0 bridgehead atoms. The first-order valence-corrected chi connectivity index (χ1v) is 10.5. The Hall–Kier alpha value is -2.05. The van der Waals surface area contributed by atoms with Crippen molar-refractivity contribution >= 4 is 33.2 Å². The van der Waals surface area contributed by atoms with Gasteiger partial charge in [-0.05, 0) is 37.1 Å². The van der Waals surface area contributed by atoms with Gasteiger partial charge in [-0.1, -0.05) is 48.4 Å². The normalized spacial score (nSPS) is 12.5. The van der Waals surface area contributed by atoms with E-state index < -0.39 is 10.0 Å². The summed E-state index contributed by atoms with van der Waals surface area (Å²) < 4.78 is 24.6. The van der Waals surface area contributed by atoms with Crippen molar-refractivity contribution in [3.05, 3.63) is 64.2 Å². The van der Waals surface area contributed by atoms with Crippen molar-refractivity contribution in [2.75, 3.05) is 17.6 Å². The van der Waals surface area contributed by atoms with Gasteiger partial charge in [0.15, 0.2) is 0 Å². The van der Waals surface area contributed by atoms with Gasteiger partial charge in [0, 0.05) is 7.05 Å². The van der Waals surface area contributed by atoms with Crippen LogP contribution in [-0.2, 0) is 10.0 Å². The Kier molecular flexibility index (Phi) is 6.31. The molecule has 0 aliphatic carbocycles. The highest BCUT2D eigenvalue weighted by Gasteiger charge is 2.19. The largest absolute Gasteiger partial charge is 0.345 e. The van der Waals surface area contributed by atoms with Crippen molar-refractivity contribution in [2.45, 2.75) is 26.3 Å². The van der Waals surface area contributed by atoms with Gasteiger partial charge in [-0.15, -0.1) is 0 Å². The molecule has 0 aromatic heterocycles. The van der Waals surface area contributed by atoms with E-state index in [-0.39, 0.29) is 22.5 Å². The second-order valence-electron chi connectivity index (χ2n) is 6.24. The summed E-state index contributed by atoms with van der Waals surface area (Å²) >= 11 is 6.17. The van der Waals surface area contributed by atoms with Crippen LogP contribution in [0.5, 0.6) is 0 Å². The number of rotatable bonds is 6. The average molecular weight is 395 g/mol. The number of hydrogen-bond acceptors (Lipinski definition) is 3. The highest BCUT2D eigenvalue weighted by Crippen LogP contribution is 2.25. The number of nitrogens with zero attached hydrogens (tertiary/aromatic N) is 1. The van der Waals surface area contributed by atoms with Crippen molar-refractivity contribution < 1.29 is 13.2 Å². The Bertz CT molecular complexity index is 896. The van der Waals surface area contributed by atoms with E-state index in [4.69, 9.17) is 11.6 Å². The summed E-state index contributed by atoms with van der Waals surface area (Å²) in [6, 6.07) is 12.4. The molecule has 26 heavy (non-hydrogen) atoms. The lowest BCUT2D eigenvalue weighted by molar-refractivity contribution is 0.0935. The molecule has 2 rings (SSSR count). The molecular weight excluding hydrogens is 372 g/mol. The summed E-state index contributed by atoms with van der Waals surface area (Å²) in [6.45, 7) is 3.99. The zero-order valence-electron chi connectivity index (χ0n) is 15.3.